The molecule has 34 heavy (non-hydrogen) atoms. The van der Waals surface area contributed by atoms with Crippen molar-refractivity contribution in [2.45, 2.75) is 12.5 Å². The first-order valence-electron chi connectivity index (χ1n) is 11.8. The van der Waals surface area contributed by atoms with Gasteiger partial charge in [0, 0.05) is 62.9 Å². The van der Waals surface area contributed by atoms with E-state index in [0.717, 1.165) is 61.9 Å². The van der Waals surface area contributed by atoms with Crippen molar-refractivity contribution >= 4 is 11.5 Å². The van der Waals surface area contributed by atoms with Gasteiger partial charge in [0.2, 0.25) is 0 Å². The average molecular weight is 466 g/mol. The van der Waals surface area contributed by atoms with Crippen molar-refractivity contribution < 1.29 is 23.8 Å². The van der Waals surface area contributed by atoms with Gasteiger partial charge in [-0.15, -0.1) is 0 Å². The van der Waals surface area contributed by atoms with Gasteiger partial charge in [0.15, 0.2) is 23.4 Å². The third-order valence-electron chi connectivity index (χ3n) is 6.92. The quantitative estimate of drug-likeness (QED) is 0.555. The van der Waals surface area contributed by atoms with Crippen molar-refractivity contribution in [3.05, 3.63) is 53.6 Å². The van der Waals surface area contributed by atoms with Gasteiger partial charge in [0.05, 0.1) is 20.1 Å². The highest BCUT2D eigenvalue weighted by atomic mass is 16.6. The molecule has 0 unspecified atom stereocenters. The predicted molar refractivity (Wildman–Crippen MR) is 128 cm³/mol. The Hall–Kier alpha value is -3.10. The standard InChI is InChI=1S/C26H31N3O5/c1-31-23-14-19-22(15-24(23)32-2)33-17-20-25(34-27-26(19)20)16-29-12-10-28(11-13-29)9-8-21(30)18-6-4-3-5-7-18/h3-7,14-15,20,25H,8-13,16-17H2,1-2H3/t20-,25-/m0/s1. The van der Waals surface area contributed by atoms with Crippen LogP contribution in [0, 0.1) is 5.92 Å². The highest BCUT2D eigenvalue weighted by Gasteiger charge is 2.41. The Kier molecular flexibility index (Phi) is 6.69. The zero-order chi connectivity index (χ0) is 23.5. The molecule has 3 aliphatic rings. The Morgan fingerprint density at radius 1 is 1.03 bits per heavy atom. The van der Waals surface area contributed by atoms with Gasteiger partial charge >= 0.3 is 0 Å². The maximum Gasteiger partial charge on any atom is 0.164 e. The number of fused-ring (bicyclic) bond motifs is 3. The second-order valence-electron chi connectivity index (χ2n) is 8.92. The topological polar surface area (TPSA) is 72.8 Å². The minimum absolute atomic E-state index is 0.0394. The molecule has 2 atom stereocenters. The number of oxime groups is 1. The Balaban J connectivity index is 1.12. The van der Waals surface area contributed by atoms with Gasteiger partial charge in [-0.05, 0) is 6.07 Å². The van der Waals surface area contributed by atoms with Crippen LogP contribution in [0.3, 0.4) is 0 Å². The van der Waals surface area contributed by atoms with Crippen LogP contribution in [-0.4, -0.2) is 87.5 Å². The Morgan fingerprint density at radius 3 is 2.47 bits per heavy atom. The number of hydrogen-bond acceptors (Lipinski definition) is 8. The van der Waals surface area contributed by atoms with E-state index in [0.29, 0.717) is 24.5 Å². The summed E-state index contributed by atoms with van der Waals surface area (Å²) in [5.74, 6) is 2.33. The molecule has 0 amide bonds. The van der Waals surface area contributed by atoms with Gasteiger partial charge in [-0.2, -0.15) is 0 Å². The van der Waals surface area contributed by atoms with Crippen molar-refractivity contribution in [3.8, 4) is 17.2 Å². The van der Waals surface area contributed by atoms with Gasteiger partial charge in [0.25, 0.3) is 0 Å². The first kappa shape index (κ1) is 22.7. The number of Topliss-reactive ketones (excluding diaryl/α,β-unsaturated/α-hetero) is 1. The fourth-order valence-electron chi connectivity index (χ4n) is 4.87. The summed E-state index contributed by atoms with van der Waals surface area (Å²) in [6.07, 6.45) is 0.516. The number of ketones is 1. The normalized spacial score (nSPS) is 22.1. The molecule has 0 N–H and O–H groups in total. The third-order valence-corrected chi connectivity index (χ3v) is 6.92. The third kappa shape index (κ3) is 4.60. The van der Waals surface area contributed by atoms with E-state index in [-0.39, 0.29) is 17.8 Å². The Labute approximate surface area is 200 Å². The lowest BCUT2D eigenvalue weighted by Crippen LogP contribution is -2.50. The number of carbonyl (C=O) groups is 1. The monoisotopic (exact) mass is 465 g/mol. The van der Waals surface area contributed by atoms with Crippen molar-refractivity contribution in [1.82, 2.24) is 9.80 Å². The lowest BCUT2D eigenvalue weighted by atomic mass is 9.90. The number of piperazine rings is 1. The first-order chi connectivity index (χ1) is 16.7. The van der Waals surface area contributed by atoms with Crippen LogP contribution in [-0.2, 0) is 4.84 Å². The summed E-state index contributed by atoms with van der Waals surface area (Å²) >= 11 is 0. The largest absolute Gasteiger partial charge is 0.493 e. The summed E-state index contributed by atoms with van der Waals surface area (Å²) < 4.78 is 16.9. The molecule has 2 aromatic rings. The molecule has 5 rings (SSSR count). The number of rotatable bonds is 8. The van der Waals surface area contributed by atoms with Crippen LogP contribution in [0.1, 0.15) is 22.3 Å². The first-order valence-corrected chi connectivity index (χ1v) is 11.8. The summed E-state index contributed by atoms with van der Waals surface area (Å²) in [5, 5.41) is 4.44. The van der Waals surface area contributed by atoms with E-state index in [1.165, 1.54) is 0 Å². The smallest absolute Gasteiger partial charge is 0.164 e. The summed E-state index contributed by atoms with van der Waals surface area (Å²) in [5.41, 5.74) is 2.62. The molecule has 8 heteroatoms. The Bertz CT molecular complexity index is 1050. The molecule has 2 aromatic carbocycles. The SMILES string of the molecule is COc1cc2c(cc1OC)C1=NO[C@@H](CN3CCN(CCC(=O)c4ccccc4)CC3)[C@@H]1CO2. The number of ether oxygens (including phenoxy) is 3. The number of methoxy groups -OCH3 is 2. The minimum Gasteiger partial charge on any atom is -0.493 e. The molecule has 0 radical (unpaired) electrons. The number of carbonyl (C=O) groups excluding carboxylic acids is 1. The van der Waals surface area contributed by atoms with Crippen molar-refractivity contribution in [2.24, 2.45) is 11.1 Å². The molecule has 8 nitrogen and oxygen atoms in total. The second-order valence-corrected chi connectivity index (χ2v) is 8.92. The Morgan fingerprint density at radius 2 is 1.74 bits per heavy atom. The molecule has 0 saturated carbocycles. The molecular formula is C26H31N3O5. The zero-order valence-corrected chi connectivity index (χ0v) is 19.7. The van der Waals surface area contributed by atoms with E-state index in [1.807, 2.05) is 42.5 Å². The summed E-state index contributed by atoms with van der Waals surface area (Å²) in [4.78, 5) is 23.1. The molecule has 1 saturated heterocycles. The zero-order valence-electron chi connectivity index (χ0n) is 19.7. The van der Waals surface area contributed by atoms with Crippen LogP contribution in [0.2, 0.25) is 0 Å². The number of benzene rings is 2. The highest BCUT2D eigenvalue weighted by molar-refractivity contribution is 6.06. The van der Waals surface area contributed by atoms with Gasteiger partial charge < -0.3 is 23.9 Å². The van der Waals surface area contributed by atoms with E-state index >= 15 is 0 Å². The van der Waals surface area contributed by atoms with Crippen molar-refractivity contribution in [3.63, 3.8) is 0 Å². The molecular weight excluding hydrogens is 434 g/mol. The van der Waals surface area contributed by atoms with Crippen LogP contribution in [0.4, 0.5) is 0 Å². The molecule has 3 heterocycles. The second kappa shape index (κ2) is 10.0. The fourth-order valence-corrected chi connectivity index (χ4v) is 4.87. The molecule has 180 valence electrons. The van der Waals surface area contributed by atoms with E-state index in [1.54, 1.807) is 14.2 Å². The van der Waals surface area contributed by atoms with E-state index in [4.69, 9.17) is 19.0 Å². The van der Waals surface area contributed by atoms with Crippen molar-refractivity contribution in [1.29, 1.82) is 0 Å². The van der Waals surface area contributed by atoms with Gasteiger partial charge in [-0.25, -0.2) is 0 Å². The molecule has 1 fully saturated rings. The van der Waals surface area contributed by atoms with E-state index in [2.05, 4.69) is 15.0 Å². The number of nitrogens with zero attached hydrogens (tertiary/aromatic N) is 3. The number of hydrogen-bond donors (Lipinski definition) is 0. The van der Waals surface area contributed by atoms with E-state index < -0.39 is 0 Å². The van der Waals surface area contributed by atoms with Gasteiger partial charge in [0.1, 0.15) is 18.1 Å². The molecule has 0 aliphatic carbocycles. The average Bonchev–Trinajstić information content (AvgIpc) is 3.30. The highest BCUT2D eigenvalue weighted by Crippen LogP contribution is 2.40. The van der Waals surface area contributed by atoms with Crippen LogP contribution in [0.25, 0.3) is 0 Å². The molecule has 0 bridgehead atoms. The van der Waals surface area contributed by atoms with Gasteiger partial charge in [-0.1, -0.05) is 35.5 Å². The van der Waals surface area contributed by atoms with Gasteiger partial charge in [-0.3, -0.25) is 9.69 Å². The predicted octanol–water partition coefficient (Wildman–Crippen LogP) is 2.71. The van der Waals surface area contributed by atoms with Crippen LogP contribution < -0.4 is 14.2 Å². The maximum atomic E-state index is 12.4. The lowest BCUT2D eigenvalue weighted by molar-refractivity contribution is 0.00927. The fraction of sp³-hybridized carbons (Fsp3) is 0.462. The van der Waals surface area contributed by atoms with Crippen LogP contribution in [0.5, 0.6) is 17.2 Å². The summed E-state index contributed by atoms with van der Waals surface area (Å²) in [7, 11) is 3.24. The molecule has 0 spiro atoms. The van der Waals surface area contributed by atoms with E-state index in [9.17, 15) is 4.79 Å². The minimum atomic E-state index is -0.0394. The molecule has 3 aliphatic heterocycles. The summed E-state index contributed by atoms with van der Waals surface area (Å²) in [6, 6.07) is 13.3. The maximum absolute atomic E-state index is 12.4. The summed E-state index contributed by atoms with van der Waals surface area (Å²) in [6.45, 7) is 5.93. The lowest BCUT2D eigenvalue weighted by Gasteiger charge is -2.36. The molecule has 0 aromatic heterocycles. The van der Waals surface area contributed by atoms with Crippen LogP contribution >= 0.6 is 0 Å². The van der Waals surface area contributed by atoms with Crippen molar-refractivity contribution in [2.75, 3.05) is 60.1 Å². The van der Waals surface area contributed by atoms with Crippen LogP contribution in [0.15, 0.2) is 47.6 Å².